The zero-order valence-corrected chi connectivity index (χ0v) is 16.6. The molecule has 0 aromatic heterocycles. The second kappa shape index (κ2) is 9.26. The molecule has 5 nitrogen and oxygen atoms in total. The molecule has 2 saturated carbocycles. The third-order valence-corrected chi connectivity index (χ3v) is 6.35. The van der Waals surface area contributed by atoms with Crippen LogP contribution in [-0.2, 0) is 9.53 Å². The lowest BCUT2D eigenvalue weighted by atomic mass is 9.65. The molecule has 1 heterocycles. The summed E-state index contributed by atoms with van der Waals surface area (Å²) in [5, 5.41) is 3.09. The standard InChI is InChI=1S/C21H30N2O3.ClH/c22-20-14-4-1-5-15(20)11-16(10-14)21(24)23-17-6-2-7-18(12-17)26-13-19-8-3-9-25-19;/h2,6-7,12,14-16,19-20H,1,3-5,8-11,13,22H2,(H,23,24);1H. The minimum Gasteiger partial charge on any atom is -0.491 e. The molecule has 2 bridgehead atoms. The molecule has 3 fully saturated rings. The van der Waals surface area contributed by atoms with Gasteiger partial charge in [0.1, 0.15) is 12.4 Å². The Morgan fingerprint density at radius 2 is 1.96 bits per heavy atom. The summed E-state index contributed by atoms with van der Waals surface area (Å²) in [6, 6.07) is 7.97. The summed E-state index contributed by atoms with van der Waals surface area (Å²) in [5.41, 5.74) is 7.15. The second-order valence-corrected chi connectivity index (χ2v) is 8.16. The van der Waals surface area contributed by atoms with Crippen LogP contribution in [0.2, 0.25) is 0 Å². The van der Waals surface area contributed by atoms with Crippen molar-refractivity contribution in [1.82, 2.24) is 0 Å². The van der Waals surface area contributed by atoms with E-state index in [2.05, 4.69) is 5.32 Å². The molecule has 1 aromatic carbocycles. The van der Waals surface area contributed by atoms with Crippen LogP contribution < -0.4 is 15.8 Å². The molecular weight excluding hydrogens is 364 g/mol. The molecule has 3 N–H and O–H groups in total. The van der Waals surface area contributed by atoms with Crippen molar-refractivity contribution in [2.24, 2.45) is 23.5 Å². The van der Waals surface area contributed by atoms with Crippen LogP contribution in [0, 0.1) is 17.8 Å². The fourth-order valence-electron chi connectivity index (χ4n) is 4.88. The number of carbonyl (C=O) groups is 1. The highest BCUT2D eigenvalue weighted by Gasteiger charge is 2.40. The van der Waals surface area contributed by atoms with Gasteiger partial charge in [0, 0.05) is 30.3 Å². The lowest BCUT2D eigenvalue weighted by Crippen LogP contribution is -2.48. The maximum Gasteiger partial charge on any atom is 0.227 e. The number of nitrogens with two attached hydrogens (primary N) is 1. The van der Waals surface area contributed by atoms with Gasteiger partial charge in [-0.15, -0.1) is 12.4 Å². The molecular formula is C21H31ClN2O3. The lowest BCUT2D eigenvalue weighted by molar-refractivity contribution is -0.122. The van der Waals surface area contributed by atoms with Crippen LogP contribution in [0.1, 0.15) is 44.9 Å². The van der Waals surface area contributed by atoms with Crippen molar-refractivity contribution in [3.63, 3.8) is 0 Å². The third kappa shape index (κ3) is 4.95. The SMILES string of the molecule is Cl.NC1C2CCCC1CC(C(=O)Nc1cccc(OCC3CCCO3)c1)C2. The number of halogens is 1. The first-order valence-corrected chi connectivity index (χ1v) is 10.1. The first-order chi connectivity index (χ1) is 12.7. The Hall–Kier alpha value is -1.30. The predicted molar refractivity (Wildman–Crippen MR) is 108 cm³/mol. The normalized spacial score (nSPS) is 32.4. The average molecular weight is 395 g/mol. The quantitative estimate of drug-likeness (QED) is 0.797. The summed E-state index contributed by atoms with van der Waals surface area (Å²) < 4.78 is 11.4. The van der Waals surface area contributed by atoms with Gasteiger partial charge >= 0.3 is 0 Å². The van der Waals surface area contributed by atoms with Crippen LogP contribution in [0.15, 0.2) is 24.3 Å². The summed E-state index contributed by atoms with van der Waals surface area (Å²) in [6.45, 7) is 1.40. The molecule has 150 valence electrons. The van der Waals surface area contributed by atoms with E-state index in [4.69, 9.17) is 15.2 Å². The van der Waals surface area contributed by atoms with Crippen molar-refractivity contribution in [2.45, 2.75) is 57.1 Å². The van der Waals surface area contributed by atoms with Gasteiger partial charge in [0.15, 0.2) is 0 Å². The first-order valence-electron chi connectivity index (χ1n) is 10.1. The van der Waals surface area contributed by atoms with Gasteiger partial charge in [0.2, 0.25) is 5.91 Å². The maximum atomic E-state index is 12.8. The fourth-order valence-corrected chi connectivity index (χ4v) is 4.88. The minimum absolute atomic E-state index is 0. The van der Waals surface area contributed by atoms with Crippen LogP contribution in [-0.4, -0.2) is 31.3 Å². The van der Waals surface area contributed by atoms with Gasteiger partial charge in [0.25, 0.3) is 0 Å². The molecule has 0 radical (unpaired) electrons. The van der Waals surface area contributed by atoms with Gasteiger partial charge in [0.05, 0.1) is 6.10 Å². The van der Waals surface area contributed by atoms with E-state index in [9.17, 15) is 4.79 Å². The van der Waals surface area contributed by atoms with Gasteiger partial charge in [-0.25, -0.2) is 0 Å². The summed E-state index contributed by atoms with van der Waals surface area (Å²) in [4.78, 5) is 12.8. The van der Waals surface area contributed by atoms with E-state index in [-0.39, 0.29) is 30.3 Å². The number of anilines is 1. The summed E-state index contributed by atoms with van der Waals surface area (Å²) >= 11 is 0. The lowest BCUT2D eigenvalue weighted by Gasteiger charge is -2.43. The minimum atomic E-state index is 0. The van der Waals surface area contributed by atoms with Crippen molar-refractivity contribution in [2.75, 3.05) is 18.5 Å². The summed E-state index contributed by atoms with van der Waals surface area (Å²) in [6.07, 6.45) is 7.83. The largest absolute Gasteiger partial charge is 0.491 e. The van der Waals surface area contributed by atoms with E-state index in [1.165, 1.54) is 19.3 Å². The first kappa shape index (κ1) is 20.4. The van der Waals surface area contributed by atoms with E-state index in [1.807, 2.05) is 24.3 Å². The third-order valence-electron chi connectivity index (χ3n) is 6.35. The smallest absolute Gasteiger partial charge is 0.227 e. The molecule has 1 saturated heterocycles. The summed E-state index contributed by atoms with van der Waals surface area (Å²) in [5.74, 6) is 2.02. The van der Waals surface area contributed by atoms with Crippen LogP contribution in [0.3, 0.4) is 0 Å². The van der Waals surface area contributed by atoms with Gasteiger partial charge in [-0.3, -0.25) is 4.79 Å². The molecule has 0 spiro atoms. The van der Waals surface area contributed by atoms with E-state index < -0.39 is 0 Å². The van der Waals surface area contributed by atoms with Crippen molar-refractivity contribution in [1.29, 1.82) is 0 Å². The Morgan fingerprint density at radius 1 is 1.19 bits per heavy atom. The van der Waals surface area contributed by atoms with E-state index >= 15 is 0 Å². The van der Waals surface area contributed by atoms with Crippen LogP contribution in [0.4, 0.5) is 5.69 Å². The summed E-state index contributed by atoms with van der Waals surface area (Å²) in [7, 11) is 0. The number of amides is 1. The Bertz CT molecular complexity index is 622. The zero-order chi connectivity index (χ0) is 17.9. The second-order valence-electron chi connectivity index (χ2n) is 8.16. The molecule has 1 aromatic rings. The number of hydrogen-bond donors (Lipinski definition) is 2. The molecule has 4 rings (SSSR count). The molecule has 3 atom stereocenters. The van der Waals surface area contributed by atoms with Crippen molar-refractivity contribution >= 4 is 24.0 Å². The Morgan fingerprint density at radius 3 is 2.67 bits per heavy atom. The molecule has 6 heteroatoms. The van der Waals surface area contributed by atoms with Crippen LogP contribution in [0.5, 0.6) is 5.75 Å². The van der Waals surface area contributed by atoms with E-state index in [1.54, 1.807) is 0 Å². The highest BCUT2D eigenvalue weighted by Crippen LogP contribution is 2.42. The van der Waals surface area contributed by atoms with Gasteiger partial charge in [-0.2, -0.15) is 0 Å². The predicted octanol–water partition coefficient (Wildman–Crippen LogP) is 3.76. The highest BCUT2D eigenvalue weighted by atomic mass is 35.5. The van der Waals surface area contributed by atoms with Crippen molar-refractivity contribution in [3.8, 4) is 5.75 Å². The maximum absolute atomic E-state index is 12.8. The number of hydrogen-bond acceptors (Lipinski definition) is 4. The highest BCUT2D eigenvalue weighted by molar-refractivity contribution is 5.92. The molecule has 2 aliphatic carbocycles. The number of fused-ring (bicyclic) bond motifs is 2. The average Bonchev–Trinajstić information content (AvgIpc) is 3.13. The Labute approximate surface area is 167 Å². The number of rotatable bonds is 5. The van der Waals surface area contributed by atoms with Crippen molar-refractivity contribution in [3.05, 3.63) is 24.3 Å². The van der Waals surface area contributed by atoms with Gasteiger partial charge in [-0.05, 0) is 62.5 Å². The zero-order valence-electron chi connectivity index (χ0n) is 15.8. The van der Waals surface area contributed by atoms with Crippen LogP contribution in [0.25, 0.3) is 0 Å². The fraction of sp³-hybridized carbons (Fsp3) is 0.667. The molecule has 3 unspecified atom stereocenters. The van der Waals surface area contributed by atoms with Gasteiger partial charge < -0.3 is 20.5 Å². The molecule has 3 aliphatic rings. The number of nitrogens with one attached hydrogen (secondary N) is 1. The number of ether oxygens (including phenoxy) is 2. The van der Waals surface area contributed by atoms with Crippen molar-refractivity contribution < 1.29 is 14.3 Å². The molecule has 1 amide bonds. The van der Waals surface area contributed by atoms with Crippen LogP contribution >= 0.6 is 12.4 Å². The molecule has 1 aliphatic heterocycles. The molecule has 27 heavy (non-hydrogen) atoms. The number of benzene rings is 1. The van der Waals surface area contributed by atoms with Gasteiger partial charge in [-0.1, -0.05) is 12.5 Å². The Balaban J connectivity index is 0.00000210. The Kier molecular flexibility index (Phi) is 7.01. The van der Waals surface area contributed by atoms with E-state index in [0.29, 0.717) is 24.5 Å². The topological polar surface area (TPSA) is 73.6 Å². The monoisotopic (exact) mass is 394 g/mol. The number of carbonyl (C=O) groups excluding carboxylic acids is 1. The van der Waals surface area contributed by atoms with E-state index in [0.717, 1.165) is 43.7 Å².